The molecule has 31 heavy (non-hydrogen) atoms. The molecule has 9 heteroatoms. The SMILES string of the molecule is CC(=O)c1ccc(-n2cnc(Nc3nc(N4CCC[C@H]4CO)nn4cccc34)c2)cc1. The number of aromatic nitrogens is 5. The number of hydrogen-bond donors (Lipinski definition) is 2. The van der Waals surface area contributed by atoms with Gasteiger partial charge in [0.1, 0.15) is 17.7 Å². The smallest absolute Gasteiger partial charge is 0.245 e. The number of carbonyl (C=O) groups excluding carboxylic acids is 1. The number of nitrogens with one attached hydrogen (secondary N) is 1. The highest BCUT2D eigenvalue weighted by atomic mass is 16.3. The van der Waals surface area contributed by atoms with Crippen LogP contribution in [0.25, 0.3) is 11.2 Å². The van der Waals surface area contributed by atoms with E-state index in [-0.39, 0.29) is 18.4 Å². The maximum atomic E-state index is 11.5. The number of nitrogens with zero attached hydrogens (tertiary/aromatic N) is 6. The summed E-state index contributed by atoms with van der Waals surface area (Å²) in [5.41, 5.74) is 2.42. The van der Waals surface area contributed by atoms with Crippen LogP contribution < -0.4 is 10.2 Å². The van der Waals surface area contributed by atoms with Crippen molar-refractivity contribution in [1.82, 2.24) is 24.1 Å². The molecule has 4 heterocycles. The fourth-order valence-corrected chi connectivity index (χ4v) is 3.94. The minimum absolute atomic E-state index is 0.0387. The van der Waals surface area contributed by atoms with Crippen molar-refractivity contribution in [3.63, 3.8) is 0 Å². The van der Waals surface area contributed by atoms with Crippen LogP contribution in [0.5, 0.6) is 0 Å². The average molecular weight is 417 g/mol. The normalized spacial score (nSPS) is 16.2. The highest BCUT2D eigenvalue weighted by Crippen LogP contribution is 2.26. The van der Waals surface area contributed by atoms with Crippen LogP contribution in [0.2, 0.25) is 0 Å². The molecule has 1 aromatic carbocycles. The molecule has 0 radical (unpaired) electrons. The summed E-state index contributed by atoms with van der Waals surface area (Å²) in [5.74, 6) is 1.91. The van der Waals surface area contributed by atoms with E-state index in [1.54, 1.807) is 29.9 Å². The lowest BCUT2D eigenvalue weighted by Gasteiger charge is -2.23. The molecule has 158 valence electrons. The van der Waals surface area contributed by atoms with Gasteiger partial charge in [0, 0.05) is 24.0 Å². The number of aliphatic hydroxyl groups is 1. The summed E-state index contributed by atoms with van der Waals surface area (Å²) >= 11 is 0. The fraction of sp³-hybridized carbons (Fsp3) is 0.273. The molecule has 2 N–H and O–H groups in total. The van der Waals surface area contributed by atoms with E-state index in [1.165, 1.54) is 0 Å². The Morgan fingerprint density at radius 3 is 2.87 bits per heavy atom. The van der Waals surface area contributed by atoms with E-state index < -0.39 is 0 Å². The number of hydrogen-bond acceptors (Lipinski definition) is 7. The van der Waals surface area contributed by atoms with Gasteiger partial charge in [-0.25, -0.2) is 9.50 Å². The topological polar surface area (TPSA) is 101 Å². The van der Waals surface area contributed by atoms with E-state index in [2.05, 4.69) is 20.3 Å². The molecule has 1 saturated heterocycles. The molecule has 1 aliphatic rings. The van der Waals surface area contributed by atoms with Crippen molar-refractivity contribution in [1.29, 1.82) is 0 Å². The maximum absolute atomic E-state index is 11.5. The minimum atomic E-state index is 0.0387. The number of ketones is 1. The zero-order valence-electron chi connectivity index (χ0n) is 17.1. The van der Waals surface area contributed by atoms with Crippen molar-refractivity contribution >= 4 is 28.9 Å². The van der Waals surface area contributed by atoms with Crippen LogP contribution in [0.1, 0.15) is 30.1 Å². The Morgan fingerprint density at radius 2 is 2.10 bits per heavy atom. The first-order chi connectivity index (χ1) is 15.1. The second-order valence-corrected chi connectivity index (χ2v) is 7.66. The highest BCUT2D eigenvalue weighted by Gasteiger charge is 2.27. The summed E-state index contributed by atoms with van der Waals surface area (Å²) in [4.78, 5) is 22.7. The van der Waals surface area contributed by atoms with Crippen LogP contribution in [0.3, 0.4) is 0 Å². The molecular weight excluding hydrogens is 394 g/mol. The van der Waals surface area contributed by atoms with Crippen LogP contribution >= 0.6 is 0 Å². The van der Waals surface area contributed by atoms with Gasteiger partial charge in [-0.3, -0.25) is 4.79 Å². The average Bonchev–Trinajstić information content (AvgIpc) is 3.53. The van der Waals surface area contributed by atoms with Crippen molar-refractivity contribution in [3.05, 3.63) is 60.7 Å². The zero-order valence-corrected chi connectivity index (χ0v) is 17.1. The number of fused-ring (bicyclic) bond motifs is 1. The number of anilines is 3. The van der Waals surface area contributed by atoms with Crippen LogP contribution in [-0.2, 0) is 0 Å². The Bertz CT molecular complexity index is 1230. The van der Waals surface area contributed by atoms with E-state index in [0.29, 0.717) is 23.1 Å². The quantitative estimate of drug-likeness (QED) is 0.465. The molecule has 0 aliphatic carbocycles. The molecular formula is C22H23N7O2. The number of benzene rings is 1. The number of aliphatic hydroxyl groups excluding tert-OH is 1. The van der Waals surface area contributed by atoms with Gasteiger partial charge in [0.15, 0.2) is 11.6 Å². The van der Waals surface area contributed by atoms with Gasteiger partial charge in [-0.1, -0.05) is 0 Å². The number of Topliss-reactive ketones (excluding diaryl/α,β-unsaturated/α-hetero) is 1. The predicted octanol–water partition coefficient (Wildman–Crippen LogP) is 2.82. The summed E-state index contributed by atoms with van der Waals surface area (Å²) in [6.45, 7) is 2.46. The molecule has 0 amide bonds. The third-order valence-electron chi connectivity index (χ3n) is 5.63. The van der Waals surface area contributed by atoms with Crippen molar-refractivity contribution in [2.24, 2.45) is 0 Å². The van der Waals surface area contributed by atoms with Gasteiger partial charge in [-0.2, -0.15) is 4.98 Å². The van der Waals surface area contributed by atoms with Gasteiger partial charge in [0.2, 0.25) is 5.95 Å². The lowest BCUT2D eigenvalue weighted by molar-refractivity contribution is 0.101. The Kier molecular flexibility index (Phi) is 4.87. The van der Waals surface area contributed by atoms with Crippen LogP contribution in [0, 0.1) is 0 Å². The van der Waals surface area contributed by atoms with E-state index in [1.807, 2.05) is 41.2 Å². The summed E-state index contributed by atoms with van der Waals surface area (Å²) in [5, 5.41) is 17.6. The van der Waals surface area contributed by atoms with Gasteiger partial charge >= 0.3 is 0 Å². The molecule has 1 atom stereocenters. The van der Waals surface area contributed by atoms with Gasteiger partial charge in [0.25, 0.3) is 0 Å². The van der Waals surface area contributed by atoms with E-state index in [9.17, 15) is 9.90 Å². The first-order valence-electron chi connectivity index (χ1n) is 10.3. The largest absolute Gasteiger partial charge is 0.394 e. The Labute approximate surface area is 179 Å². The molecule has 0 bridgehead atoms. The van der Waals surface area contributed by atoms with E-state index in [4.69, 9.17) is 4.98 Å². The maximum Gasteiger partial charge on any atom is 0.245 e. The number of imidazole rings is 1. The minimum Gasteiger partial charge on any atom is -0.394 e. The molecule has 4 aromatic rings. The molecule has 5 rings (SSSR count). The Hall–Kier alpha value is -3.72. The molecule has 9 nitrogen and oxygen atoms in total. The second kappa shape index (κ2) is 7.84. The summed E-state index contributed by atoms with van der Waals surface area (Å²) in [6.07, 6.45) is 7.40. The molecule has 1 fully saturated rings. The lowest BCUT2D eigenvalue weighted by atomic mass is 10.1. The molecule has 3 aromatic heterocycles. The third kappa shape index (κ3) is 3.64. The number of rotatable bonds is 6. The monoisotopic (exact) mass is 417 g/mol. The standard InChI is InChI=1S/C22H23N7O2/c1-15(31)16-6-8-17(9-7-16)27-12-20(23-14-27)24-21-19-5-3-11-29(19)26-22(25-21)28-10-2-4-18(28)13-30/h3,5-9,11-12,14,18,30H,2,4,10,13H2,1H3,(H,24,25,26)/t18-/m0/s1. The third-order valence-corrected chi connectivity index (χ3v) is 5.63. The van der Waals surface area contributed by atoms with E-state index >= 15 is 0 Å². The predicted molar refractivity (Wildman–Crippen MR) is 117 cm³/mol. The highest BCUT2D eigenvalue weighted by molar-refractivity contribution is 5.94. The summed E-state index contributed by atoms with van der Waals surface area (Å²) in [7, 11) is 0. The van der Waals surface area contributed by atoms with Crippen molar-refractivity contribution in [3.8, 4) is 5.69 Å². The lowest BCUT2D eigenvalue weighted by Crippen LogP contribution is -2.34. The van der Waals surface area contributed by atoms with E-state index in [0.717, 1.165) is 30.6 Å². The van der Waals surface area contributed by atoms with Gasteiger partial charge in [-0.05, 0) is 56.2 Å². The van der Waals surface area contributed by atoms with Crippen molar-refractivity contribution in [2.75, 3.05) is 23.4 Å². The number of carbonyl (C=O) groups is 1. The van der Waals surface area contributed by atoms with Crippen LogP contribution in [0.4, 0.5) is 17.6 Å². The van der Waals surface area contributed by atoms with Crippen LogP contribution in [0.15, 0.2) is 55.1 Å². The zero-order chi connectivity index (χ0) is 21.4. The molecule has 0 unspecified atom stereocenters. The van der Waals surface area contributed by atoms with Gasteiger partial charge < -0.3 is 19.9 Å². The first-order valence-corrected chi connectivity index (χ1v) is 10.3. The second-order valence-electron chi connectivity index (χ2n) is 7.66. The van der Waals surface area contributed by atoms with Gasteiger partial charge in [0.05, 0.1) is 18.8 Å². The van der Waals surface area contributed by atoms with Gasteiger partial charge in [-0.15, -0.1) is 5.10 Å². The molecule has 0 saturated carbocycles. The first kappa shape index (κ1) is 19.3. The fourth-order valence-electron chi connectivity index (χ4n) is 3.94. The van der Waals surface area contributed by atoms with Crippen LogP contribution in [-0.4, -0.2) is 54.2 Å². The molecule has 0 spiro atoms. The Balaban J connectivity index is 1.44. The molecule has 1 aliphatic heterocycles. The summed E-state index contributed by atoms with van der Waals surface area (Å²) < 4.78 is 3.67. The summed E-state index contributed by atoms with van der Waals surface area (Å²) in [6, 6.07) is 11.3. The van der Waals surface area contributed by atoms with Crippen molar-refractivity contribution < 1.29 is 9.90 Å². The Morgan fingerprint density at radius 1 is 1.26 bits per heavy atom. The van der Waals surface area contributed by atoms with Crippen molar-refractivity contribution in [2.45, 2.75) is 25.8 Å².